The van der Waals surface area contributed by atoms with E-state index in [-0.39, 0.29) is 0 Å². The Hall–Kier alpha value is -0.570. The monoisotopic (exact) mass is 266 g/mol. The molecule has 0 aromatic heterocycles. The highest BCUT2D eigenvalue weighted by atomic mass is 35.5. The first kappa shape index (κ1) is 13.9. The van der Waals surface area contributed by atoms with Crippen molar-refractivity contribution in [1.82, 2.24) is 10.6 Å². The Morgan fingerprint density at radius 1 is 1.39 bits per heavy atom. The van der Waals surface area contributed by atoms with Gasteiger partial charge in [0.15, 0.2) is 0 Å². The van der Waals surface area contributed by atoms with E-state index in [2.05, 4.69) is 29.7 Å². The maximum atomic E-state index is 6.01. The standard InChI is InChI=1S/C15H23ClN2/c1-12(10-13-4-2-5-14(16)11-13)18-15-6-3-8-17-9-7-15/h2,4-5,11-12,15,17-18H,3,6-10H2,1H3. The lowest BCUT2D eigenvalue weighted by Crippen LogP contribution is -2.38. The summed E-state index contributed by atoms with van der Waals surface area (Å²) in [5, 5.41) is 8.03. The molecule has 3 heteroatoms. The van der Waals surface area contributed by atoms with Crippen LogP contribution in [-0.4, -0.2) is 25.2 Å². The molecular formula is C15H23ClN2. The number of rotatable bonds is 4. The second-order valence-electron chi connectivity index (χ2n) is 5.28. The minimum atomic E-state index is 0.506. The lowest BCUT2D eigenvalue weighted by molar-refractivity contribution is 0.412. The van der Waals surface area contributed by atoms with E-state index in [1.54, 1.807) is 0 Å². The van der Waals surface area contributed by atoms with Gasteiger partial charge in [-0.25, -0.2) is 0 Å². The molecule has 2 atom stereocenters. The van der Waals surface area contributed by atoms with Gasteiger partial charge < -0.3 is 10.6 Å². The summed E-state index contributed by atoms with van der Waals surface area (Å²) in [7, 11) is 0. The molecule has 0 radical (unpaired) electrons. The Labute approximate surface area is 115 Å². The van der Waals surface area contributed by atoms with Crippen molar-refractivity contribution in [2.24, 2.45) is 0 Å². The fourth-order valence-electron chi connectivity index (χ4n) is 2.66. The van der Waals surface area contributed by atoms with Crippen LogP contribution < -0.4 is 10.6 Å². The molecule has 0 aliphatic carbocycles. The first-order valence-corrected chi connectivity index (χ1v) is 7.33. The van der Waals surface area contributed by atoms with Gasteiger partial charge in [-0.3, -0.25) is 0 Å². The van der Waals surface area contributed by atoms with Crippen molar-refractivity contribution in [2.45, 2.75) is 44.7 Å². The molecule has 2 unspecified atom stereocenters. The maximum Gasteiger partial charge on any atom is 0.0408 e. The molecule has 1 heterocycles. The van der Waals surface area contributed by atoms with E-state index >= 15 is 0 Å². The summed E-state index contributed by atoms with van der Waals surface area (Å²) < 4.78 is 0. The van der Waals surface area contributed by atoms with Gasteiger partial charge in [0, 0.05) is 17.1 Å². The molecule has 0 spiro atoms. The summed E-state index contributed by atoms with van der Waals surface area (Å²) in [6, 6.07) is 9.34. The first-order chi connectivity index (χ1) is 8.74. The summed E-state index contributed by atoms with van der Waals surface area (Å²) in [5.41, 5.74) is 1.31. The molecule has 2 rings (SSSR count). The fourth-order valence-corrected chi connectivity index (χ4v) is 2.88. The number of hydrogen-bond donors (Lipinski definition) is 2. The van der Waals surface area contributed by atoms with Crippen molar-refractivity contribution >= 4 is 11.6 Å². The van der Waals surface area contributed by atoms with Crippen LogP contribution in [0.1, 0.15) is 31.7 Å². The number of nitrogens with one attached hydrogen (secondary N) is 2. The molecule has 100 valence electrons. The van der Waals surface area contributed by atoms with Crippen molar-refractivity contribution in [3.8, 4) is 0 Å². The van der Waals surface area contributed by atoms with E-state index < -0.39 is 0 Å². The largest absolute Gasteiger partial charge is 0.317 e. The molecule has 1 fully saturated rings. The summed E-state index contributed by atoms with van der Waals surface area (Å²) >= 11 is 6.01. The molecule has 2 nitrogen and oxygen atoms in total. The normalized spacial score (nSPS) is 22.4. The summed E-state index contributed by atoms with van der Waals surface area (Å²) in [4.78, 5) is 0. The molecule has 1 aliphatic rings. The molecule has 0 saturated carbocycles. The molecule has 2 N–H and O–H groups in total. The van der Waals surface area contributed by atoms with Crippen LogP contribution in [0.2, 0.25) is 5.02 Å². The van der Waals surface area contributed by atoms with E-state index in [1.807, 2.05) is 12.1 Å². The smallest absolute Gasteiger partial charge is 0.0408 e. The maximum absolute atomic E-state index is 6.01. The zero-order chi connectivity index (χ0) is 12.8. The SMILES string of the molecule is CC(Cc1cccc(Cl)c1)NC1CCCNCC1. The third kappa shape index (κ3) is 4.60. The summed E-state index contributed by atoms with van der Waals surface area (Å²) in [6.07, 6.45) is 4.85. The lowest BCUT2D eigenvalue weighted by Gasteiger charge is -2.22. The topological polar surface area (TPSA) is 24.1 Å². The van der Waals surface area contributed by atoms with Crippen LogP contribution in [0.15, 0.2) is 24.3 Å². The molecule has 0 bridgehead atoms. The molecule has 1 aromatic carbocycles. The van der Waals surface area contributed by atoms with Crippen LogP contribution in [-0.2, 0) is 6.42 Å². The lowest BCUT2D eigenvalue weighted by atomic mass is 10.0. The van der Waals surface area contributed by atoms with Crippen molar-refractivity contribution in [1.29, 1.82) is 0 Å². The van der Waals surface area contributed by atoms with E-state index in [4.69, 9.17) is 11.6 Å². The zero-order valence-electron chi connectivity index (χ0n) is 11.1. The van der Waals surface area contributed by atoms with Gasteiger partial charge in [0.1, 0.15) is 0 Å². The quantitative estimate of drug-likeness (QED) is 0.876. The van der Waals surface area contributed by atoms with Crippen molar-refractivity contribution in [3.05, 3.63) is 34.9 Å². The van der Waals surface area contributed by atoms with Gasteiger partial charge in [-0.2, -0.15) is 0 Å². The van der Waals surface area contributed by atoms with Crippen LogP contribution in [0.25, 0.3) is 0 Å². The second-order valence-corrected chi connectivity index (χ2v) is 5.72. The Kier molecular flexibility index (Phi) is 5.48. The van der Waals surface area contributed by atoms with Crippen LogP contribution in [0, 0.1) is 0 Å². The molecule has 0 amide bonds. The second kappa shape index (κ2) is 7.13. The third-order valence-electron chi connectivity index (χ3n) is 3.53. The third-order valence-corrected chi connectivity index (χ3v) is 3.76. The summed E-state index contributed by atoms with van der Waals surface area (Å²) in [6.45, 7) is 4.57. The number of benzene rings is 1. The number of hydrogen-bond acceptors (Lipinski definition) is 2. The van der Waals surface area contributed by atoms with Gasteiger partial charge in [-0.1, -0.05) is 23.7 Å². The van der Waals surface area contributed by atoms with Crippen molar-refractivity contribution in [2.75, 3.05) is 13.1 Å². The Balaban J connectivity index is 1.82. The molecule has 18 heavy (non-hydrogen) atoms. The molecular weight excluding hydrogens is 244 g/mol. The predicted molar refractivity (Wildman–Crippen MR) is 78.3 cm³/mol. The van der Waals surface area contributed by atoms with Gasteiger partial charge in [-0.15, -0.1) is 0 Å². The van der Waals surface area contributed by atoms with E-state index in [9.17, 15) is 0 Å². The highest BCUT2D eigenvalue weighted by Crippen LogP contribution is 2.13. The van der Waals surface area contributed by atoms with Crippen molar-refractivity contribution in [3.63, 3.8) is 0 Å². The molecule has 1 aliphatic heterocycles. The van der Waals surface area contributed by atoms with Gasteiger partial charge >= 0.3 is 0 Å². The fraction of sp³-hybridized carbons (Fsp3) is 0.600. The van der Waals surface area contributed by atoms with Crippen molar-refractivity contribution < 1.29 is 0 Å². The zero-order valence-corrected chi connectivity index (χ0v) is 11.8. The van der Waals surface area contributed by atoms with E-state index in [1.165, 1.54) is 31.4 Å². The van der Waals surface area contributed by atoms with Gasteiger partial charge in [0.05, 0.1) is 0 Å². The number of halogens is 1. The molecule has 1 saturated heterocycles. The highest BCUT2D eigenvalue weighted by molar-refractivity contribution is 6.30. The van der Waals surface area contributed by atoms with E-state index in [0.29, 0.717) is 12.1 Å². The molecule has 1 aromatic rings. The van der Waals surface area contributed by atoms with Gasteiger partial charge in [-0.05, 0) is 63.4 Å². The predicted octanol–water partition coefficient (Wildman–Crippen LogP) is 3.00. The Bertz CT molecular complexity index is 359. The Morgan fingerprint density at radius 3 is 3.11 bits per heavy atom. The van der Waals surface area contributed by atoms with Crippen LogP contribution >= 0.6 is 11.6 Å². The van der Waals surface area contributed by atoms with Crippen LogP contribution in [0.5, 0.6) is 0 Å². The Morgan fingerprint density at radius 2 is 2.28 bits per heavy atom. The average Bonchev–Trinajstić information content (AvgIpc) is 2.57. The van der Waals surface area contributed by atoms with Crippen LogP contribution in [0.3, 0.4) is 0 Å². The minimum Gasteiger partial charge on any atom is -0.317 e. The average molecular weight is 267 g/mol. The minimum absolute atomic E-state index is 0.506. The first-order valence-electron chi connectivity index (χ1n) is 6.95. The van der Waals surface area contributed by atoms with Gasteiger partial charge in [0.25, 0.3) is 0 Å². The van der Waals surface area contributed by atoms with Crippen LogP contribution in [0.4, 0.5) is 0 Å². The van der Waals surface area contributed by atoms with E-state index in [0.717, 1.165) is 18.0 Å². The highest BCUT2D eigenvalue weighted by Gasteiger charge is 2.14. The summed E-state index contributed by atoms with van der Waals surface area (Å²) in [5.74, 6) is 0. The van der Waals surface area contributed by atoms with Gasteiger partial charge in [0.2, 0.25) is 0 Å².